The van der Waals surface area contributed by atoms with E-state index in [1.165, 1.54) is 0 Å². The number of aromatic nitrogens is 1. The van der Waals surface area contributed by atoms with Gasteiger partial charge in [0.2, 0.25) is 0 Å². The van der Waals surface area contributed by atoms with Gasteiger partial charge in [0.05, 0.1) is 11.5 Å². The number of aliphatic carboxylic acids is 1. The fourth-order valence-electron chi connectivity index (χ4n) is 3.33. The predicted molar refractivity (Wildman–Crippen MR) is 107 cm³/mol. The van der Waals surface area contributed by atoms with Crippen molar-refractivity contribution in [1.29, 1.82) is 0 Å². The maximum atomic E-state index is 12.6. The maximum absolute atomic E-state index is 12.6. The number of rotatable bonds is 5. The molecule has 1 aliphatic rings. The third kappa shape index (κ3) is 4.86. The highest BCUT2D eigenvalue weighted by molar-refractivity contribution is 9.10. The minimum atomic E-state index is -0.703. The van der Waals surface area contributed by atoms with E-state index in [1.807, 2.05) is 18.2 Å². The lowest BCUT2D eigenvalue weighted by molar-refractivity contribution is -0.142. The molecule has 0 atom stereocenters. The molecule has 2 aromatic rings. The lowest BCUT2D eigenvalue weighted by Crippen LogP contribution is -2.36. The lowest BCUT2D eigenvalue weighted by atomic mass is 9.96. The number of piperidine rings is 1. The van der Waals surface area contributed by atoms with Crippen LogP contribution in [0.15, 0.2) is 47.2 Å². The van der Waals surface area contributed by atoms with E-state index in [9.17, 15) is 9.59 Å². The molecule has 1 amide bonds. The fourth-order valence-corrected chi connectivity index (χ4v) is 3.70. The van der Waals surface area contributed by atoms with Gasteiger partial charge < -0.3 is 14.9 Å². The summed E-state index contributed by atoms with van der Waals surface area (Å²) < 4.78 is 0.772. The van der Waals surface area contributed by atoms with Crippen molar-refractivity contribution >= 4 is 33.5 Å². The molecule has 0 saturated carbocycles. The van der Waals surface area contributed by atoms with Crippen LogP contribution in [-0.4, -0.2) is 47.0 Å². The second-order valence-electron chi connectivity index (χ2n) is 6.82. The number of anilines is 1. The summed E-state index contributed by atoms with van der Waals surface area (Å²) in [5, 5.41) is 9.14. The summed E-state index contributed by atoms with van der Waals surface area (Å²) in [5.74, 6) is -1.03. The van der Waals surface area contributed by atoms with E-state index in [0.29, 0.717) is 24.9 Å². The summed E-state index contributed by atoms with van der Waals surface area (Å²) in [5.41, 5.74) is 2.65. The lowest BCUT2D eigenvalue weighted by Gasteiger charge is -2.32. The van der Waals surface area contributed by atoms with Crippen molar-refractivity contribution in [2.24, 2.45) is 5.92 Å². The minimum Gasteiger partial charge on any atom is -0.481 e. The van der Waals surface area contributed by atoms with Crippen LogP contribution < -0.4 is 4.90 Å². The Labute approximate surface area is 166 Å². The molecular weight excluding hydrogens is 410 g/mol. The highest BCUT2D eigenvalue weighted by Gasteiger charge is 2.24. The molecule has 1 N–H and O–H groups in total. The molecule has 0 radical (unpaired) electrons. The van der Waals surface area contributed by atoms with E-state index in [1.54, 1.807) is 30.4 Å². The first-order valence-electron chi connectivity index (χ1n) is 8.87. The molecule has 1 saturated heterocycles. The molecule has 2 heterocycles. The maximum Gasteiger partial charge on any atom is 0.306 e. The molecule has 27 heavy (non-hydrogen) atoms. The third-order valence-electron chi connectivity index (χ3n) is 4.84. The Balaban J connectivity index is 1.65. The number of benzene rings is 1. The average molecular weight is 432 g/mol. The molecule has 1 aromatic heterocycles. The van der Waals surface area contributed by atoms with Crippen molar-refractivity contribution < 1.29 is 14.7 Å². The zero-order chi connectivity index (χ0) is 19.4. The van der Waals surface area contributed by atoms with Crippen molar-refractivity contribution in [3.8, 4) is 0 Å². The minimum absolute atomic E-state index is 0.0866. The normalized spacial score (nSPS) is 14.8. The number of carboxylic acids is 1. The highest BCUT2D eigenvalue weighted by Crippen LogP contribution is 2.24. The van der Waals surface area contributed by atoms with Crippen molar-refractivity contribution in [3.63, 3.8) is 0 Å². The van der Waals surface area contributed by atoms with Crippen LogP contribution in [0.4, 0.5) is 5.69 Å². The first-order valence-corrected chi connectivity index (χ1v) is 9.66. The quantitative estimate of drug-likeness (QED) is 0.784. The molecular formula is C20H22BrN3O3. The van der Waals surface area contributed by atoms with Gasteiger partial charge in [-0.15, -0.1) is 0 Å². The van der Waals surface area contributed by atoms with Crippen molar-refractivity contribution in [1.82, 2.24) is 9.88 Å². The van der Waals surface area contributed by atoms with Crippen LogP contribution in [0.2, 0.25) is 0 Å². The van der Waals surface area contributed by atoms with Crippen LogP contribution in [-0.2, 0) is 11.3 Å². The molecule has 7 heteroatoms. The fraction of sp³-hybridized carbons (Fsp3) is 0.350. The van der Waals surface area contributed by atoms with E-state index in [0.717, 1.165) is 28.8 Å². The third-order valence-corrected chi connectivity index (χ3v) is 5.27. The number of hydrogen-bond donors (Lipinski definition) is 1. The molecule has 0 bridgehead atoms. The van der Waals surface area contributed by atoms with Crippen LogP contribution in [0, 0.1) is 5.92 Å². The summed E-state index contributed by atoms with van der Waals surface area (Å²) in [6.45, 7) is 1.96. The Morgan fingerprint density at radius 1 is 1.26 bits per heavy atom. The van der Waals surface area contributed by atoms with Gasteiger partial charge in [0.15, 0.2) is 0 Å². The predicted octanol–water partition coefficient (Wildman–Crippen LogP) is 3.42. The molecule has 1 aliphatic heterocycles. The summed E-state index contributed by atoms with van der Waals surface area (Å²) in [7, 11) is 1.77. The van der Waals surface area contributed by atoms with Gasteiger partial charge in [-0.25, -0.2) is 0 Å². The largest absolute Gasteiger partial charge is 0.481 e. The molecule has 6 nitrogen and oxygen atoms in total. The van der Waals surface area contributed by atoms with Gasteiger partial charge in [-0.3, -0.25) is 14.6 Å². The first-order chi connectivity index (χ1) is 12.9. The highest BCUT2D eigenvalue weighted by atomic mass is 79.9. The number of halogens is 1. The SMILES string of the molecule is CN(Cc1cccc(N2CCC(C(=O)O)CC2)c1)C(=O)c1cncc(Br)c1. The molecule has 1 aromatic carbocycles. The number of pyridine rings is 1. The van der Waals surface area contributed by atoms with E-state index in [4.69, 9.17) is 5.11 Å². The van der Waals surface area contributed by atoms with Gasteiger partial charge in [0, 0.05) is 49.2 Å². The molecule has 3 rings (SSSR count). The zero-order valence-electron chi connectivity index (χ0n) is 15.1. The summed E-state index contributed by atoms with van der Waals surface area (Å²) in [4.78, 5) is 31.6. The molecule has 1 fully saturated rings. The summed E-state index contributed by atoms with van der Waals surface area (Å²) >= 11 is 3.34. The van der Waals surface area contributed by atoms with E-state index >= 15 is 0 Å². The zero-order valence-corrected chi connectivity index (χ0v) is 16.7. The summed E-state index contributed by atoms with van der Waals surface area (Å²) in [6, 6.07) is 9.84. The smallest absolute Gasteiger partial charge is 0.306 e. The Morgan fingerprint density at radius 3 is 2.67 bits per heavy atom. The van der Waals surface area contributed by atoms with Crippen LogP contribution in [0.1, 0.15) is 28.8 Å². The number of carbonyl (C=O) groups excluding carboxylic acids is 1. The van der Waals surface area contributed by atoms with Crippen LogP contribution >= 0.6 is 15.9 Å². The van der Waals surface area contributed by atoms with Gasteiger partial charge in [-0.2, -0.15) is 0 Å². The number of carbonyl (C=O) groups is 2. The number of hydrogen-bond acceptors (Lipinski definition) is 4. The molecule has 0 aliphatic carbocycles. The Bertz CT molecular complexity index is 835. The Kier molecular flexibility index (Phi) is 6.11. The van der Waals surface area contributed by atoms with Gasteiger partial charge in [0.25, 0.3) is 5.91 Å². The Hall–Kier alpha value is -2.41. The molecule has 0 spiro atoms. The molecule has 0 unspecified atom stereocenters. The topological polar surface area (TPSA) is 73.7 Å². The number of nitrogens with zero attached hydrogens (tertiary/aromatic N) is 3. The Morgan fingerprint density at radius 2 is 2.00 bits per heavy atom. The van der Waals surface area contributed by atoms with E-state index in [2.05, 4.69) is 31.9 Å². The second-order valence-corrected chi connectivity index (χ2v) is 7.74. The molecule has 142 valence electrons. The van der Waals surface area contributed by atoms with Gasteiger partial charge in [-0.05, 0) is 52.5 Å². The number of carboxylic acid groups (broad SMARTS) is 1. The van der Waals surface area contributed by atoms with Gasteiger partial charge in [-0.1, -0.05) is 12.1 Å². The van der Waals surface area contributed by atoms with Crippen molar-refractivity contribution in [2.45, 2.75) is 19.4 Å². The van der Waals surface area contributed by atoms with Crippen molar-refractivity contribution in [2.75, 3.05) is 25.0 Å². The van der Waals surface area contributed by atoms with Crippen LogP contribution in [0.3, 0.4) is 0 Å². The van der Waals surface area contributed by atoms with Crippen molar-refractivity contribution in [3.05, 3.63) is 58.3 Å². The summed E-state index contributed by atoms with van der Waals surface area (Å²) in [6.07, 6.45) is 4.53. The van der Waals surface area contributed by atoms with E-state index < -0.39 is 5.97 Å². The van der Waals surface area contributed by atoms with Gasteiger partial charge in [0.1, 0.15) is 0 Å². The van der Waals surface area contributed by atoms with Crippen LogP contribution in [0.5, 0.6) is 0 Å². The number of amides is 1. The van der Waals surface area contributed by atoms with Crippen LogP contribution in [0.25, 0.3) is 0 Å². The van der Waals surface area contributed by atoms with Gasteiger partial charge >= 0.3 is 5.97 Å². The average Bonchev–Trinajstić information content (AvgIpc) is 2.67. The van der Waals surface area contributed by atoms with E-state index in [-0.39, 0.29) is 11.8 Å². The first kappa shape index (κ1) is 19.4. The standard InChI is InChI=1S/C20H22BrN3O3/c1-23(19(25)16-10-17(21)12-22-11-16)13-14-3-2-4-18(9-14)24-7-5-15(6-8-24)20(26)27/h2-4,9-12,15H,5-8,13H2,1H3,(H,26,27). The second kappa shape index (κ2) is 8.52. The monoisotopic (exact) mass is 431 g/mol.